The van der Waals surface area contributed by atoms with Crippen molar-refractivity contribution in [2.24, 2.45) is 7.05 Å². The molecule has 0 aliphatic heterocycles. The topological polar surface area (TPSA) is 99.0 Å². The number of aryl methyl sites for hydroxylation is 2. The minimum atomic E-state index is -0.913. The highest BCUT2D eigenvalue weighted by Crippen LogP contribution is 2.27. The number of thioether (sulfide) groups is 1. The van der Waals surface area contributed by atoms with E-state index in [1.54, 1.807) is 18.7 Å². The maximum absolute atomic E-state index is 12.3. The number of hydrogen-bond acceptors (Lipinski definition) is 8. The Bertz CT molecular complexity index is 998. The number of fused-ring (bicyclic) bond motifs is 1. The zero-order valence-corrected chi connectivity index (χ0v) is 17.0. The van der Waals surface area contributed by atoms with Crippen LogP contribution in [0.2, 0.25) is 0 Å². The fourth-order valence-corrected chi connectivity index (χ4v) is 4.04. The van der Waals surface area contributed by atoms with Crippen LogP contribution in [0.5, 0.6) is 0 Å². The van der Waals surface area contributed by atoms with Gasteiger partial charge < -0.3 is 10.1 Å². The molecule has 3 rings (SSSR count). The van der Waals surface area contributed by atoms with E-state index < -0.39 is 18.0 Å². The van der Waals surface area contributed by atoms with Crippen molar-refractivity contribution in [1.29, 1.82) is 0 Å². The van der Waals surface area contributed by atoms with E-state index in [1.165, 1.54) is 29.4 Å². The van der Waals surface area contributed by atoms with Gasteiger partial charge in [0.25, 0.3) is 5.91 Å². The Balaban J connectivity index is 1.55. The normalized spacial score (nSPS) is 12.1. The summed E-state index contributed by atoms with van der Waals surface area (Å²) in [4.78, 5) is 33.7. The van der Waals surface area contributed by atoms with Crippen LogP contribution in [0.3, 0.4) is 0 Å². The first-order chi connectivity index (χ1) is 12.9. The van der Waals surface area contributed by atoms with Gasteiger partial charge in [0, 0.05) is 12.4 Å². The summed E-state index contributed by atoms with van der Waals surface area (Å²) in [6, 6.07) is 1.92. The Hall–Kier alpha value is -2.46. The van der Waals surface area contributed by atoms with Crippen LogP contribution in [0, 0.1) is 13.8 Å². The second kappa shape index (κ2) is 8.05. The first-order valence-electron chi connectivity index (χ1n) is 8.18. The lowest BCUT2D eigenvalue weighted by atomic mass is 10.3. The molecular formula is C17H19N5O3S2. The van der Waals surface area contributed by atoms with Crippen LogP contribution < -0.4 is 5.32 Å². The summed E-state index contributed by atoms with van der Waals surface area (Å²) in [5.41, 5.74) is 2.18. The maximum Gasteiger partial charge on any atom is 0.317 e. The standard InChI is InChI=1S/C17H19N5O3S2/c1-9-14(10(2)22(4)21-9)20-15(24)11(3)25-13(23)7-27-17-12-5-6-26-16(12)18-8-19-17/h5-6,8,11H,7H2,1-4H3,(H,20,24)/t11-/m0/s1. The molecule has 0 aliphatic rings. The maximum atomic E-state index is 12.3. The summed E-state index contributed by atoms with van der Waals surface area (Å²) in [5.74, 6) is -0.816. The summed E-state index contributed by atoms with van der Waals surface area (Å²) in [6.07, 6.45) is 0.560. The molecule has 10 heteroatoms. The van der Waals surface area contributed by atoms with Gasteiger partial charge in [-0.3, -0.25) is 14.3 Å². The molecule has 0 radical (unpaired) electrons. The molecule has 142 valence electrons. The fraction of sp³-hybridized carbons (Fsp3) is 0.353. The Kier molecular flexibility index (Phi) is 5.76. The van der Waals surface area contributed by atoms with Gasteiger partial charge in [0.05, 0.1) is 22.8 Å². The van der Waals surface area contributed by atoms with E-state index in [2.05, 4.69) is 20.4 Å². The number of esters is 1. The fourth-order valence-electron chi connectivity index (χ4n) is 2.47. The molecule has 1 N–H and O–H groups in total. The molecule has 0 fully saturated rings. The lowest BCUT2D eigenvalue weighted by Gasteiger charge is -2.13. The average Bonchev–Trinajstić information content (AvgIpc) is 3.20. The van der Waals surface area contributed by atoms with Crippen LogP contribution >= 0.6 is 23.1 Å². The van der Waals surface area contributed by atoms with E-state index in [-0.39, 0.29) is 5.75 Å². The second-order valence-corrected chi connectivity index (χ2v) is 7.76. The number of carbonyl (C=O) groups excluding carboxylic acids is 2. The third kappa shape index (κ3) is 4.28. The number of hydrogen-bond donors (Lipinski definition) is 1. The van der Waals surface area contributed by atoms with E-state index in [4.69, 9.17) is 4.74 Å². The van der Waals surface area contributed by atoms with Crippen LogP contribution in [-0.2, 0) is 21.4 Å². The highest BCUT2D eigenvalue weighted by Gasteiger charge is 2.21. The lowest BCUT2D eigenvalue weighted by molar-refractivity contribution is -0.150. The van der Waals surface area contributed by atoms with Crippen molar-refractivity contribution in [2.75, 3.05) is 11.1 Å². The van der Waals surface area contributed by atoms with Crippen molar-refractivity contribution in [3.05, 3.63) is 29.2 Å². The number of rotatable bonds is 6. The lowest BCUT2D eigenvalue weighted by Crippen LogP contribution is -2.30. The van der Waals surface area contributed by atoms with Gasteiger partial charge in [-0.1, -0.05) is 11.8 Å². The van der Waals surface area contributed by atoms with Crippen molar-refractivity contribution in [1.82, 2.24) is 19.7 Å². The van der Waals surface area contributed by atoms with Crippen molar-refractivity contribution >= 4 is 50.9 Å². The summed E-state index contributed by atoms with van der Waals surface area (Å²) in [6.45, 7) is 5.21. The van der Waals surface area contributed by atoms with Crippen molar-refractivity contribution in [3.63, 3.8) is 0 Å². The Morgan fingerprint density at radius 1 is 1.37 bits per heavy atom. The van der Waals surface area contributed by atoms with E-state index in [1.807, 2.05) is 25.3 Å². The van der Waals surface area contributed by atoms with Crippen molar-refractivity contribution in [2.45, 2.75) is 31.9 Å². The van der Waals surface area contributed by atoms with Gasteiger partial charge in [-0.15, -0.1) is 11.3 Å². The number of amides is 1. The van der Waals surface area contributed by atoms with Crippen LogP contribution in [-0.4, -0.2) is 43.5 Å². The van der Waals surface area contributed by atoms with Gasteiger partial charge in [-0.05, 0) is 32.2 Å². The molecule has 3 heterocycles. The molecule has 1 atom stereocenters. The quantitative estimate of drug-likeness (QED) is 0.382. The van der Waals surface area contributed by atoms with Crippen LogP contribution in [0.1, 0.15) is 18.3 Å². The molecule has 8 nitrogen and oxygen atoms in total. The molecule has 0 aliphatic carbocycles. The number of ether oxygens (including phenoxy) is 1. The number of carbonyl (C=O) groups is 2. The molecule has 0 bridgehead atoms. The zero-order chi connectivity index (χ0) is 19.6. The van der Waals surface area contributed by atoms with Gasteiger partial charge in [-0.2, -0.15) is 5.10 Å². The van der Waals surface area contributed by atoms with Crippen LogP contribution in [0.15, 0.2) is 22.8 Å². The first-order valence-corrected chi connectivity index (χ1v) is 10.0. The smallest absolute Gasteiger partial charge is 0.317 e. The number of nitrogens with zero attached hydrogens (tertiary/aromatic N) is 4. The average molecular weight is 406 g/mol. The van der Waals surface area contributed by atoms with E-state index >= 15 is 0 Å². The van der Waals surface area contributed by atoms with Crippen molar-refractivity contribution < 1.29 is 14.3 Å². The second-order valence-electron chi connectivity index (χ2n) is 5.90. The Morgan fingerprint density at radius 3 is 2.85 bits per heavy atom. The van der Waals surface area contributed by atoms with Crippen LogP contribution in [0.25, 0.3) is 10.2 Å². The molecule has 3 aromatic rings. The molecule has 0 spiro atoms. The van der Waals surface area contributed by atoms with Gasteiger partial charge in [-0.25, -0.2) is 9.97 Å². The molecule has 3 aromatic heterocycles. The predicted molar refractivity (Wildman–Crippen MR) is 105 cm³/mol. The van der Waals surface area contributed by atoms with Gasteiger partial charge >= 0.3 is 5.97 Å². The van der Waals surface area contributed by atoms with Crippen LogP contribution in [0.4, 0.5) is 5.69 Å². The summed E-state index contributed by atoms with van der Waals surface area (Å²) in [7, 11) is 1.80. The van der Waals surface area contributed by atoms with E-state index in [0.717, 1.165) is 20.9 Å². The summed E-state index contributed by atoms with van der Waals surface area (Å²) < 4.78 is 6.93. The molecule has 27 heavy (non-hydrogen) atoms. The monoisotopic (exact) mass is 405 g/mol. The molecule has 0 saturated heterocycles. The summed E-state index contributed by atoms with van der Waals surface area (Å²) in [5, 5.41) is 10.6. The number of nitrogens with one attached hydrogen (secondary N) is 1. The minimum Gasteiger partial charge on any atom is -0.452 e. The highest BCUT2D eigenvalue weighted by atomic mass is 32.2. The largest absolute Gasteiger partial charge is 0.452 e. The minimum absolute atomic E-state index is 0.0600. The van der Waals surface area contributed by atoms with E-state index in [9.17, 15) is 9.59 Å². The van der Waals surface area contributed by atoms with E-state index in [0.29, 0.717) is 11.4 Å². The van der Waals surface area contributed by atoms with Gasteiger partial charge in [0.1, 0.15) is 16.2 Å². The number of thiophene rings is 1. The SMILES string of the molecule is Cc1nn(C)c(C)c1NC(=O)[C@H](C)OC(=O)CSc1ncnc2sccc12. The molecule has 0 aromatic carbocycles. The third-order valence-corrected chi connectivity index (χ3v) is 5.79. The van der Waals surface area contributed by atoms with Gasteiger partial charge in [0.2, 0.25) is 0 Å². The number of anilines is 1. The third-order valence-electron chi connectivity index (χ3n) is 3.99. The molecule has 1 amide bonds. The summed E-state index contributed by atoms with van der Waals surface area (Å²) >= 11 is 2.78. The molecular weight excluding hydrogens is 386 g/mol. The molecule has 0 unspecified atom stereocenters. The van der Waals surface area contributed by atoms with Crippen molar-refractivity contribution in [3.8, 4) is 0 Å². The Morgan fingerprint density at radius 2 is 2.15 bits per heavy atom. The molecule has 0 saturated carbocycles. The Labute approximate surface area is 164 Å². The number of aromatic nitrogens is 4. The zero-order valence-electron chi connectivity index (χ0n) is 15.3. The highest BCUT2D eigenvalue weighted by molar-refractivity contribution is 8.00. The van der Waals surface area contributed by atoms with Gasteiger partial charge in [0.15, 0.2) is 6.10 Å². The first kappa shape index (κ1) is 19.3. The predicted octanol–water partition coefficient (Wildman–Crippen LogP) is 2.70.